The summed E-state index contributed by atoms with van der Waals surface area (Å²) in [5.41, 5.74) is 2.07. The largest absolute Gasteiger partial charge is 0.392 e. The Morgan fingerprint density at radius 1 is 0.821 bits per heavy atom. The van der Waals surface area contributed by atoms with Crippen LogP contribution in [0.3, 0.4) is 0 Å². The summed E-state index contributed by atoms with van der Waals surface area (Å²) in [6.45, 7) is -0.652. The number of anilines is 1. The Balaban J connectivity index is 1.77. The molecule has 1 saturated heterocycles. The van der Waals surface area contributed by atoms with Crippen molar-refractivity contribution in [2.45, 2.75) is 21.3 Å². The van der Waals surface area contributed by atoms with Crippen LogP contribution in [0, 0.1) is 0 Å². The lowest BCUT2D eigenvalue weighted by Gasteiger charge is -2.37. The van der Waals surface area contributed by atoms with Crippen molar-refractivity contribution in [3.05, 3.63) is 114 Å². The first kappa shape index (κ1) is 26.6. The number of aliphatic hydroxyl groups is 1. The average Bonchev–Trinajstić information content (AvgIpc) is 3.31. The summed E-state index contributed by atoms with van der Waals surface area (Å²) in [4.78, 5) is 12.8. The summed E-state index contributed by atoms with van der Waals surface area (Å²) >= 11 is 0. The third kappa shape index (κ3) is 4.50. The molecule has 4 aromatic rings. The van der Waals surface area contributed by atoms with E-state index in [0.29, 0.717) is 22.4 Å². The highest BCUT2D eigenvalue weighted by Crippen LogP contribution is 2.45. The molecule has 2 amide bonds. The van der Waals surface area contributed by atoms with Crippen molar-refractivity contribution < 1.29 is 26.7 Å². The molecule has 4 aromatic carbocycles. The van der Waals surface area contributed by atoms with Crippen molar-refractivity contribution in [3.8, 4) is 11.1 Å². The Bertz CT molecular complexity index is 1760. The molecule has 1 fully saturated rings. The van der Waals surface area contributed by atoms with E-state index in [0.717, 1.165) is 6.26 Å². The second kappa shape index (κ2) is 9.96. The van der Waals surface area contributed by atoms with Crippen molar-refractivity contribution in [1.29, 1.82) is 0 Å². The van der Waals surface area contributed by atoms with E-state index in [4.69, 9.17) is 0 Å². The van der Waals surface area contributed by atoms with E-state index >= 15 is 0 Å². The van der Waals surface area contributed by atoms with Gasteiger partial charge in [-0.15, -0.1) is 0 Å². The first-order valence-electron chi connectivity index (χ1n) is 12.1. The number of rotatable bonds is 7. The van der Waals surface area contributed by atoms with Crippen LogP contribution in [0.1, 0.15) is 11.1 Å². The molecule has 0 aliphatic carbocycles. The Morgan fingerprint density at radius 3 is 2.10 bits per heavy atom. The number of hydrogen-bond donors (Lipinski definition) is 2. The van der Waals surface area contributed by atoms with E-state index in [1.54, 1.807) is 78.9 Å². The topological polar surface area (TPSA) is 121 Å². The number of urea groups is 1. The molecular formula is C29H26N2O6S2. The minimum atomic E-state index is -4.21. The molecule has 1 atom stereocenters. The van der Waals surface area contributed by atoms with Gasteiger partial charge in [0, 0.05) is 11.9 Å². The maximum Gasteiger partial charge on any atom is 0.323 e. The zero-order valence-electron chi connectivity index (χ0n) is 21.0. The van der Waals surface area contributed by atoms with Gasteiger partial charge in [0.15, 0.2) is 14.7 Å². The number of aliphatic hydroxyl groups excluding tert-OH is 1. The number of nitrogens with zero attached hydrogens (tertiary/aromatic N) is 1. The fraction of sp³-hybridized carbons (Fsp3) is 0.138. The summed E-state index contributed by atoms with van der Waals surface area (Å²) in [6.07, 6.45) is 1.07. The van der Waals surface area contributed by atoms with E-state index in [9.17, 15) is 26.7 Å². The van der Waals surface area contributed by atoms with Gasteiger partial charge in [0.1, 0.15) is 0 Å². The fourth-order valence-corrected chi connectivity index (χ4v) is 7.95. The Kier molecular flexibility index (Phi) is 6.79. The van der Waals surface area contributed by atoms with Crippen LogP contribution in [0.2, 0.25) is 0 Å². The monoisotopic (exact) mass is 562 g/mol. The Labute approximate surface area is 227 Å². The maximum atomic E-state index is 14.5. The van der Waals surface area contributed by atoms with Gasteiger partial charge in [-0.2, -0.15) is 0 Å². The molecule has 0 radical (unpaired) electrons. The van der Waals surface area contributed by atoms with Gasteiger partial charge < -0.3 is 10.4 Å². The highest BCUT2D eigenvalue weighted by Gasteiger charge is 2.57. The highest BCUT2D eigenvalue weighted by atomic mass is 32.2. The van der Waals surface area contributed by atoms with Crippen LogP contribution in [-0.4, -0.2) is 40.8 Å². The van der Waals surface area contributed by atoms with Gasteiger partial charge >= 0.3 is 6.03 Å². The summed E-state index contributed by atoms with van der Waals surface area (Å²) in [7, 11) is -7.86. The first-order chi connectivity index (χ1) is 18.6. The van der Waals surface area contributed by atoms with Crippen LogP contribution in [0.15, 0.2) is 113 Å². The van der Waals surface area contributed by atoms with Crippen molar-refractivity contribution in [3.63, 3.8) is 0 Å². The molecule has 0 spiro atoms. The molecule has 0 saturated carbocycles. The smallest absolute Gasteiger partial charge is 0.323 e. The minimum Gasteiger partial charge on any atom is -0.392 e. The van der Waals surface area contributed by atoms with E-state index in [2.05, 4.69) is 5.32 Å². The van der Waals surface area contributed by atoms with Gasteiger partial charge in [-0.1, -0.05) is 66.7 Å². The molecule has 1 unspecified atom stereocenters. The van der Waals surface area contributed by atoms with Gasteiger partial charge in [0.25, 0.3) is 0 Å². The van der Waals surface area contributed by atoms with Crippen molar-refractivity contribution in [1.82, 2.24) is 5.32 Å². The molecule has 0 aromatic heterocycles. The normalized spacial score (nSPS) is 17.7. The summed E-state index contributed by atoms with van der Waals surface area (Å²) in [5, 5.41) is 12.4. The number of carbonyl (C=O) groups is 1. The highest BCUT2D eigenvalue weighted by molar-refractivity contribution is 7.92. The second-order valence-electron chi connectivity index (χ2n) is 9.26. The average molecular weight is 563 g/mol. The molecule has 200 valence electrons. The van der Waals surface area contributed by atoms with Crippen LogP contribution in [-0.2, 0) is 31.2 Å². The van der Waals surface area contributed by atoms with E-state index in [1.807, 2.05) is 0 Å². The van der Waals surface area contributed by atoms with Crippen molar-refractivity contribution in [2.75, 3.05) is 17.7 Å². The van der Waals surface area contributed by atoms with Gasteiger partial charge in [-0.05, 0) is 58.7 Å². The van der Waals surface area contributed by atoms with Gasteiger partial charge in [0.05, 0.1) is 22.9 Å². The van der Waals surface area contributed by atoms with Crippen LogP contribution in [0.5, 0.6) is 0 Å². The molecule has 10 heteroatoms. The molecule has 1 heterocycles. The molecule has 2 N–H and O–H groups in total. The molecule has 5 rings (SSSR count). The third-order valence-electron chi connectivity index (χ3n) is 6.84. The fourth-order valence-electron chi connectivity index (χ4n) is 4.97. The minimum absolute atomic E-state index is 0.0110. The SMILES string of the molecule is CS(=O)(=O)c1cc(-c2cccc(C3(S(=O)(=O)c4ccccc4)CNC(=O)N3c3ccccc3)c2)ccc1CO. The quantitative estimate of drug-likeness (QED) is 0.350. The number of amides is 2. The summed E-state index contributed by atoms with van der Waals surface area (Å²) in [6, 6.07) is 27.4. The van der Waals surface area contributed by atoms with Gasteiger partial charge in [-0.25, -0.2) is 21.6 Å². The van der Waals surface area contributed by atoms with Crippen molar-refractivity contribution >= 4 is 31.4 Å². The molecular weight excluding hydrogens is 536 g/mol. The number of hydrogen-bond acceptors (Lipinski definition) is 6. The number of benzene rings is 4. The predicted molar refractivity (Wildman–Crippen MR) is 149 cm³/mol. The van der Waals surface area contributed by atoms with Crippen LogP contribution in [0.4, 0.5) is 10.5 Å². The van der Waals surface area contributed by atoms with E-state index in [1.165, 1.54) is 29.2 Å². The number of carbonyl (C=O) groups excluding carboxylic acids is 1. The molecule has 8 nitrogen and oxygen atoms in total. The zero-order chi connectivity index (χ0) is 27.8. The lowest BCUT2D eigenvalue weighted by atomic mass is 9.97. The molecule has 39 heavy (non-hydrogen) atoms. The van der Waals surface area contributed by atoms with Gasteiger partial charge in [0.2, 0.25) is 9.84 Å². The summed E-state index contributed by atoms with van der Waals surface area (Å²) < 4.78 is 53.7. The number of para-hydroxylation sites is 1. The van der Waals surface area contributed by atoms with E-state index < -0.39 is 37.2 Å². The lowest BCUT2D eigenvalue weighted by molar-refractivity contribution is 0.251. The van der Waals surface area contributed by atoms with Crippen LogP contribution in [0.25, 0.3) is 11.1 Å². The van der Waals surface area contributed by atoms with Crippen molar-refractivity contribution in [2.24, 2.45) is 0 Å². The van der Waals surface area contributed by atoms with E-state index in [-0.39, 0.29) is 21.9 Å². The molecule has 0 bridgehead atoms. The standard InChI is InChI=1S/C29H26N2O6S2/c1-38(34,35)27-18-22(15-16-23(27)19-32)21-9-8-10-24(17-21)29(39(36,37)26-13-6-3-7-14-26)20-30-28(33)31(29)25-11-4-2-5-12-25/h2-18,32H,19-20H2,1H3,(H,30,33). The first-order valence-corrected chi connectivity index (χ1v) is 15.4. The Hall–Kier alpha value is -3.99. The van der Waals surface area contributed by atoms with Gasteiger partial charge in [-0.3, -0.25) is 4.90 Å². The summed E-state index contributed by atoms with van der Waals surface area (Å²) in [5.74, 6) is 0. The number of nitrogens with one attached hydrogen (secondary N) is 1. The van der Waals surface area contributed by atoms with Crippen LogP contribution >= 0.6 is 0 Å². The van der Waals surface area contributed by atoms with Crippen LogP contribution < -0.4 is 10.2 Å². The Morgan fingerprint density at radius 2 is 1.46 bits per heavy atom. The zero-order valence-corrected chi connectivity index (χ0v) is 22.6. The molecule has 1 aliphatic heterocycles. The molecule has 1 aliphatic rings. The number of sulfone groups is 2. The third-order valence-corrected chi connectivity index (χ3v) is 10.4. The second-order valence-corrected chi connectivity index (χ2v) is 13.4. The maximum absolute atomic E-state index is 14.5. The lowest BCUT2D eigenvalue weighted by Crippen LogP contribution is -2.51. The predicted octanol–water partition coefficient (Wildman–Crippen LogP) is 4.11.